The number of rotatable bonds is 3. The summed E-state index contributed by atoms with van der Waals surface area (Å²) in [4.78, 5) is 27.9. The zero-order valence-corrected chi connectivity index (χ0v) is 18.3. The summed E-state index contributed by atoms with van der Waals surface area (Å²) in [7, 11) is 0. The van der Waals surface area contributed by atoms with Crippen molar-refractivity contribution in [1.29, 1.82) is 0 Å². The van der Waals surface area contributed by atoms with E-state index in [0.29, 0.717) is 18.0 Å². The molecule has 5 rings (SSSR count). The third-order valence-corrected chi connectivity index (χ3v) is 6.23. The second-order valence-electron chi connectivity index (χ2n) is 8.75. The number of hydrogen-bond acceptors (Lipinski definition) is 3. The van der Waals surface area contributed by atoms with Crippen molar-refractivity contribution in [2.75, 3.05) is 11.9 Å². The zero-order chi connectivity index (χ0) is 22.2. The van der Waals surface area contributed by atoms with Crippen LogP contribution in [0, 0.1) is 5.92 Å². The number of amides is 2. The summed E-state index contributed by atoms with van der Waals surface area (Å²) in [6, 6.07) is 21.4. The van der Waals surface area contributed by atoms with Crippen LogP contribution in [0.4, 0.5) is 5.69 Å². The van der Waals surface area contributed by atoms with Crippen molar-refractivity contribution in [3.8, 4) is 11.5 Å². The molecule has 1 N–H and O–H groups in total. The standard InChI is InChI=1S/C27H26N2O3/c1-17(2)27(31)29-14-13-18-11-12-20(15-19(18)16-29)28-26(30)25-21-7-3-5-9-23(21)32-24-10-6-4-8-22(24)25/h3-12,15,17,25H,13-14,16H2,1-2H3,(H,28,30). The number of para-hydroxylation sites is 2. The van der Waals surface area contributed by atoms with Gasteiger partial charge in [0.15, 0.2) is 0 Å². The number of anilines is 1. The van der Waals surface area contributed by atoms with Gasteiger partial charge in [-0.1, -0.05) is 56.3 Å². The first-order chi connectivity index (χ1) is 15.5. The molecule has 5 nitrogen and oxygen atoms in total. The average molecular weight is 427 g/mol. The van der Waals surface area contributed by atoms with Crippen molar-refractivity contribution in [2.45, 2.75) is 32.7 Å². The molecule has 0 spiro atoms. The van der Waals surface area contributed by atoms with Crippen LogP contribution in [0.15, 0.2) is 66.7 Å². The molecule has 162 valence electrons. The van der Waals surface area contributed by atoms with Crippen molar-refractivity contribution in [3.63, 3.8) is 0 Å². The molecule has 2 aliphatic heterocycles. The number of nitrogens with zero attached hydrogens (tertiary/aromatic N) is 1. The smallest absolute Gasteiger partial charge is 0.236 e. The predicted octanol–water partition coefficient (Wildman–Crippen LogP) is 5.10. The molecule has 0 unspecified atom stereocenters. The molecule has 3 aromatic rings. The van der Waals surface area contributed by atoms with Gasteiger partial charge in [-0.2, -0.15) is 0 Å². The van der Waals surface area contributed by atoms with E-state index in [1.165, 1.54) is 5.56 Å². The topological polar surface area (TPSA) is 58.6 Å². The highest BCUT2D eigenvalue weighted by Crippen LogP contribution is 2.44. The van der Waals surface area contributed by atoms with Crippen LogP contribution in [0.2, 0.25) is 0 Å². The van der Waals surface area contributed by atoms with E-state index in [4.69, 9.17) is 4.74 Å². The molecule has 0 bridgehead atoms. The summed E-state index contributed by atoms with van der Waals surface area (Å²) in [5, 5.41) is 3.11. The first kappa shape index (κ1) is 20.3. The number of nitrogens with one attached hydrogen (secondary N) is 1. The number of benzene rings is 3. The van der Waals surface area contributed by atoms with E-state index in [0.717, 1.165) is 35.3 Å². The molecule has 3 aromatic carbocycles. The molecule has 0 saturated carbocycles. The van der Waals surface area contributed by atoms with Crippen LogP contribution in [0.25, 0.3) is 0 Å². The van der Waals surface area contributed by atoms with E-state index in [1.54, 1.807) is 0 Å². The highest BCUT2D eigenvalue weighted by molar-refractivity contribution is 5.99. The lowest BCUT2D eigenvalue weighted by Crippen LogP contribution is -2.38. The van der Waals surface area contributed by atoms with E-state index >= 15 is 0 Å². The monoisotopic (exact) mass is 426 g/mol. The van der Waals surface area contributed by atoms with E-state index in [2.05, 4.69) is 11.4 Å². The Balaban J connectivity index is 1.42. The Morgan fingerprint density at radius 3 is 2.25 bits per heavy atom. The number of carbonyl (C=O) groups excluding carboxylic acids is 2. The molecule has 2 heterocycles. The minimum Gasteiger partial charge on any atom is -0.457 e. The second kappa shape index (κ2) is 8.15. The van der Waals surface area contributed by atoms with Gasteiger partial charge in [-0.15, -0.1) is 0 Å². The van der Waals surface area contributed by atoms with Gasteiger partial charge in [-0.05, 0) is 41.8 Å². The fourth-order valence-electron chi connectivity index (χ4n) is 4.59. The number of fused-ring (bicyclic) bond motifs is 3. The molecule has 2 aliphatic rings. The van der Waals surface area contributed by atoms with Gasteiger partial charge in [0.1, 0.15) is 11.5 Å². The van der Waals surface area contributed by atoms with E-state index in [-0.39, 0.29) is 17.7 Å². The van der Waals surface area contributed by atoms with Crippen molar-refractivity contribution in [3.05, 3.63) is 89.0 Å². The molecule has 5 heteroatoms. The fraction of sp³-hybridized carbons (Fsp3) is 0.259. The Labute approximate surface area is 188 Å². The number of ether oxygens (including phenoxy) is 1. The molecular formula is C27H26N2O3. The van der Waals surface area contributed by atoms with Gasteiger partial charge in [0, 0.05) is 35.8 Å². The van der Waals surface area contributed by atoms with Crippen LogP contribution in [0.5, 0.6) is 11.5 Å². The molecule has 0 fully saturated rings. The van der Waals surface area contributed by atoms with Gasteiger partial charge in [-0.3, -0.25) is 9.59 Å². The SMILES string of the molecule is CC(C)C(=O)N1CCc2ccc(NC(=O)C3c4ccccc4Oc4ccccc43)cc2C1. The summed E-state index contributed by atoms with van der Waals surface area (Å²) < 4.78 is 6.02. The van der Waals surface area contributed by atoms with Gasteiger partial charge >= 0.3 is 0 Å². The number of carbonyl (C=O) groups is 2. The Hall–Kier alpha value is -3.60. The van der Waals surface area contributed by atoms with E-state index < -0.39 is 5.92 Å². The normalized spacial score (nSPS) is 14.8. The van der Waals surface area contributed by atoms with Crippen molar-refractivity contribution in [1.82, 2.24) is 4.90 Å². The highest BCUT2D eigenvalue weighted by atomic mass is 16.5. The van der Waals surface area contributed by atoms with Crippen LogP contribution < -0.4 is 10.1 Å². The third-order valence-electron chi connectivity index (χ3n) is 6.23. The zero-order valence-electron chi connectivity index (χ0n) is 18.3. The molecule has 0 saturated heterocycles. The van der Waals surface area contributed by atoms with Crippen molar-refractivity contribution < 1.29 is 14.3 Å². The lowest BCUT2D eigenvalue weighted by atomic mass is 9.87. The minimum absolute atomic E-state index is 0.0203. The van der Waals surface area contributed by atoms with E-state index in [9.17, 15) is 9.59 Å². The van der Waals surface area contributed by atoms with Crippen LogP contribution in [0.1, 0.15) is 42.0 Å². The average Bonchev–Trinajstić information content (AvgIpc) is 2.81. The summed E-state index contributed by atoms with van der Waals surface area (Å²) in [6.07, 6.45) is 0.836. The lowest BCUT2D eigenvalue weighted by molar-refractivity contribution is -0.135. The van der Waals surface area contributed by atoms with Gasteiger partial charge in [0.05, 0.1) is 5.92 Å². The first-order valence-electron chi connectivity index (χ1n) is 11.1. The Morgan fingerprint density at radius 2 is 1.59 bits per heavy atom. The quantitative estimate of drug-likeness (QED) is 0.634. The molecule has 0 atom stereocenters. The van der Waals surface area contributed by atoms with Crippen molar-refractivity contribution >= 4 is 17.5 Å². The summed E-state index contributed by atoms with van der Waals surface area (Å²) in [5.41, 5.74) is 4.79. The van der Waals surface area contributed by atoms with Gasteiger partial charge in [0.25, 0.3) is 0 Å². The third kappa shape index (κ3) is 3.64. The predicted molar refractivity (Wildman–Crippen MR) is 124 cm³/mol. The Bertz CT molecular complexity index is 1160. The lowest BCUT2D eigenvalue weighted by Gasteiger charge is -2.31. The Kier molecular flexibility index (Phi) is 5.17. The molecule has 0 aliphatic carbocycles. The Morgan fingerprint density at radius 1 is 0.938 bits per heavy atom. The van der Waals surface area contributed by atoms with Crippen LogP contribution in [0.3, 0.4) is 0 Å². The summed E-state index contributed by atoms with van der Waals surface area (Å²) in [5.74, 6) is 1.01. The molecule has 2 amide bonds. The first-order valence-corrected chi connectivity index (χ1v) is 11.1. The maximum atomic E-state index is 13.5. The van der Waals surface area contributed by atoms with Crippen LogP contribution >= 0.6 is 0 Å². The van der Waals surface area contributed by atoms with E-state index in [1.807, 2.05) is 79.4 Å². The minimum atomic E-state index is -0.453. The maximum absolute atomic E-state index is 13.5. The van der Waals surface area contributed by atoms with Crippen molar-refractivity contribution in [2.24, 2.45) is 5.92 Å². The highest BCUT2D eigenvalue weighted by Gasteiger charge is 2.32. The van der Waals surface area contributed by atoms with Crippen LogP contribution in [-0.2, 0) is 22.6 Å². The molecule has 0 radical (unpaired) electrons. The maximum Gasteiger partial charge on any atom is 0.236 e. The molecule has 0 aromatic heterocycles. The summed E-state index contributed by atoms with van der Waals surface area (Å²) in [6.45, 7) is 5.18. The van der Waals surface area contributed by atoms with Gasteiger partial charge < -0.3 is 15.0 Å². The van der Waals surface area contributed by atoms with Gasteiger partial charge in [-0.25, -0.2) is 0 Å². The second-order valence-corrected chi connectivity index (χ2v) is 8.75. The fourth-order valence-corrected chi connectivity index (χ4v) is 4.59. The molecule has 32 heavy (non-hydrogen) atoms. The van der Waals surface area contributed by atoms with Gasteiger partial charge in [0.2, 0.25) is 11.8 Å². The van der Waals surface area contributed by atoms with Crippen LogP contribution in [-0.4, -0.2) is 23.3 Å². The summed E-state index contributed by atoms with van der Waals surface area (Å²) >= 11 is 0. The largest absolute Gasteiger partial charge is 0.457 e. The molecular weight excluding hydrogens is 400 g/mol. The number of hydrogen-bond donors (Lipinski definition) is 1.